The molecule has 1 aliphatic rings. The van der Waals surface area contributed by atoms with Crippen molar-refractivity contribution in [3.63, 3.8) is 0 Å². The van der Waals surface area contributed by atoms with Crippen molar-refractivity contribution < 1.29 is 14.4 Å². The minimum atomic E-state index is -0.547. The lowest BCUT2D eigenvalue weighted by molar-refractivity contribution is -0.116. The zero-order chi connectivity index (χ0) is 20.4. The average Bonchev–Trinajstić information content (AvgIpc) is 2.91. The molecule has 3 rings (SSSR count). The molecule has 0 fully saturated rings. The van der Waals surface area contributed by atoms with Gasteiger partial charge < -0.3 is 10.2 Å². The van der Waals surface area contributed by atoms with Crippen molar-refractivity contribution >= 4 is 40.7 Å². The molecule has 0 spiro atoms. The summed E-state index contributed by atoms with van der Waals surface area (Å²) in [6, 6.07) is 10.5. The molecule has 146 valence electrons. The normalized spacial score (nSPS) is 12.9. The van der Waals surface area contributed by atoms with Crippen LogP contribution in [0.4, 0.5) is 11.4 Å². The molecule has 0 saturated carbocycles. The first-order chi connectivity index (χ1) is 13.4. The van der Waals surface area contributed by atoms with Crippen LogP contribution in [0, 0.1) is 6.92 Å². The maximum Gasteiger partial charge on any atom is 0.263 e. The Hall–Kier alpha value is -2.86. The molecule has 0 unspecified atom stereocenters. The van der Waals surface area contributed by atoms with Gasteiger partial charge in [0.15, 0.2) is 0 Å². The lowest BCUT2D eigenvalue weighted by atomic mass is 10.1. The van der Waals surface area contributed by atoms with Crippen molar-refractivity contribution in [2.75, 3.05) is 29.9 Å². The van der Waals surface area contributed by atoms with Gasteiger partial charge in [-0.2, -0.15) is 0 Å². The molecule has 3 amide bonds. The fraction of sp³-hybridized carbons (Fsp3) is 0.286. The Labute approximate surface area is 169 Å². The number of fused-ring (bicyclic) bond motifs is 1. The number of aryl methyl sites for hydroxylation is 1. The summed E-state index contributed by atoms with van der Waals surface area (Å²) < 4.78 is 0. The predicted octanol–water partition coefficient (Wildman–Crippen LogP) is 3.73. The van der Waals surface area contributed by atoms with Gasteiger partial charge in [0.25, 0.3) is 11.8 Å². The van der Waals surface area contributed by atoms with Crippen LogP contribution in [0.5, 0.6) is 0 Å². The third-order valence-corrected chi connectivity index (χ3v) is 5.18. The van der Waals surface area contributed by atoms with E-state index in [2.05, 4.69) is 24.1 Å². The van der Waals surface area contributed by atoms with Crippen LogP contribution >= 0.6 is 11.6 Å². The second-order valence-corrected chi connectivity index (χ2v) is 6.99. The summed E-state index contributed by atoms with van der Waals surface area (Å²) in [5.74, 6) is -1.50. The number of benzene rings is 2. The van der Waals surface area contributed by atoms with E-state index in [0.717, 1.165) is 29.2 Å². The number of anilines is 2. The number of nitrogens with zero attached hydrogens (tertiary/aromatic N) is 2. The van der Waals surface area contributed by atoms with Crippen LogP contribution in [0.2, 0.25) is 5.02 Å². The summed E-state index contributed by atoms with van der Waals surface area (Å²) in [7, 11) is 0. The Morgan fingerprint density at radius 3 is 2.43 bits per heavy atom. The van der Waals surface area contributed by atoms with Gasteiger partial charge in [-0.1, -0.05) is 17.7 Å². The van der Waals surface area contributed by atoms with Gasteiger partial charge in [-0.3, -0.25) is 19.3 Å². The highest BCUT2D eigenvalue weighted by Gasteiger charge is 2.38. The molecule has 0 radical (unpaired) electrons. The highest BCUT2D eigenvalue weighted by atomic mass is 35.5. The molecule has 0 aromatic heterocycles. The second-order valence-electron chi connectivity index (χ2n) is 6.58. The van der Waals surface area contributed by atoms with E-state index in [-0.39, 0.29) is 22.7 Å². The van der Waals surface area contributed by atoms with Crippen molar-refractivity contribution in [2.45, 2.75) is 20.8 Å². The number of carbonyl (C=O) groups is 3. The lowest BCUT2D eigenvalue weighted by Crippen LogP contribution is -2.37. The number of hydrogen-bond donors (Lipinski definition) is 1. The molecule has 2 aromatic rings. The minimum Gasteiger partial charge on any atom is -0.372 e. The van der Waals surface area contributed by atoms with Crippen LogP contribution in [0.25, 0.3) is 0 Å². The summed E-state index contributed by atoms with van der Waals surface area (Å²) in [5, 5.41) is 3.00. The van der Waals surface area contributed by atoms with Gasteiger partial charge >= 0.3 is 0 Å². The van der Waals surface area contributed by atoms with Crippen molar-refractivity contribution in [1.29, 1.82) is 0 Å². The number of nitrogens with one attached hydrogen (secondary N) is 1. The van der Waals surface area contributed by atoms with Crippen LogP contribution in [0.3, 0.4) is 0 Å². The number of amides is 3. The van der Waals surface area contributed by atoms with Crippen LogP contribution < -0.4 is 10.2 Å². The van der Waals surface area contributed by atoms with Gasteiger partial charge in [-0.05, 0) is 56.7 Å². The van der Waals surface area contributed by atoms with Crippen LogP contribution in [0.1, 0.15) is 40.1 Å². The molecule has 2 aromatic carbocycles. The first kappa shape index (κ1) is 19.9. The summed E-state index contributed by atoms with van der Waals surface area (Å²) in [6.07, 6.45) is 0. The Morgan fingerprint density at radius 2 is 1.82 bits per heavy atom. The largest absolute Gasteiger partial charge is 0.372 e. The molecular weight excluding hydrogens is 378 g/mol. The van der Waals surface area contributed by atoms with E-state index < -0.39 is 17.7 Å². The maximum atomic E-state index is 12.5. The van der Waals surface area contributed by atoms with Crippen LogP contribution in [-0.4, -0.2) is 42.3 Å². The molecule has 6 nitrogen and oxygen atoms in total. The van der Waals surface area contributed by atoms with E-state index in [1.165, 1.54) is 6.07 Å². The van der Waals surface area contributed by atoms with Gasteiger partial charge in [0.2, 0.25) is 5.91 Å². The lowest BCUT2D eigenvalue weighted by Gasteiger charge is -2.22. The standard InChI is InChI=1S/C21H22ClN3O3/c1-4-24(5-2)14-9-10-17(13(3)11-14)23-18(26)12-25-20(27)15-7-6-8-16(22)19(15)21(25)28/h6-11H,4-5,12H2,1-3H3,(H,23,26). The molecule has 0 atom stereocenters. The molecule has 1 N–H and O–H groups in total. The average molecular weight is 400 g/mol. The number of hydrogen-bond acceptors (Lipinski definition) is 4. The predicted molar refractivity (Wildman–Crippen MR) is 110 cm³/mol. The number of imide groups is 1. The fourth-order valence-electron chi connectivity index (χ4n) is 3.34. The fourth-order valence-corrected chi connectivity index (χ4v) is 3.60. The van der Waals surface area contributed by atoms with E-state index in [0.29, 0.717) is 5.69 Å². The van der Waals surface area contributed by atoms with E-state index in [1.807, 2.05) is 25.1 Å². The Bertz CT molecular complexity index is 954. The molecular formula is C21H22ClN3O3. The van der Waals surface area contributed by atoms with E-state index in [9.17, 15) is 14.4 Å². The molecule has 0 saturated heterocycles. The number of halogens is 1. The SMILES string of the molecule is CCN(CC)c1ccc(NC(=O)CN2C(=O)c3cccc(Cl)c3C2=O)c(C)c1. The Balaban J connectivity index is 1.72. The third-order valence-electron chi connectivity index (χ3n) is 4.86. The van der Waals surface area contributed by atoms with Gasteiger partial charge in [-0.25, -0.2) is 0 Å². The highest BCUT2D eigenvalue weighted by molar-refractivity contribution is 6.37. The monoisotopic (exact) mass is 399 g/mol. The second kappa shape index (κ2) is 8.02. The summed E-state index contributed by atoms with van der Waals surface area (Å²) in [4.78, 5) is 40.6. The summed E-state index contributed by atoms with van der Waals surface area (Å²) >= 11 is 6.04. The minimum absolute atomic E-state index is 0.154. The molecule has 28 heavy (non-hydrogen) atoms. The summed E-state index contributed by atoms with van der Waals surface area (Å²) in [6.45, 7) is 7.50. The maximum absolute atomic E-state index is 12.5. The van der Waals surface area contributed by atoms with E-state index in [1.54, 1.807) is 12.1 Å². The zero-order valence-electron chi connectivity index (χ0n) is 16.1. The van der Waals surface area contributed by atoms with Crippen molar-refractivity contribution in [1.82, 2.24) is 4.90 Å². The van der Waals surface area contributed by atoms with Crippen LogP contribution in [-0.2, 0) is 4.79 Å². The van der Waals surface area contributed by atoms with E-state index >= 15 is 0 Å². The van der Waals surface area contributed by atoms with Crippen molar-refractivity contribution in [3.05, 3.63) is 58.1 Å². The quantitative estimate of drug-likeness (QED) is 0.751. The van der Waals surface area contributed by atoms with Crippen molar-refractivity contribution in [3.8, 4) is 0 Å². The van der Waals surface area contributed by atoms with Gasteiger partial charge in [0.1, 0.15) is 6.54 Å². The molecule has 1 heterocycles. The molecule has 1 aliphatic heterocycles. The number of rotatable bonds is 6. The third kappa shape index (κ3) is 3.60. The van der Waals surface area contributed by atoms with Gasteiger partial charge in [0.05, 0.1) is 16.1 Å². The molecule has 0 bridgehead atoms. The first-order valence-electron chi connectivity index (χ1n) is 9.17. The highest BCUT2D eigenvalue weighted by Crippen LogP contribution is 2.29. The Kier molecular flexibility index (Phi) is 5.70. The first-order valence-corrected chi connectivity index (χ1v) is 9.55. The molecule has 7 heteroatoms. The summed E-state index contributed by atoms with van der Waals surface area (Å²) in [5.41, 5.74) is 3.01. The van der Waals surface area contributed by atoms with E-state index in [4.69, 9.17) is 11.6 Å². The van der Waals surface area contributed by atoms with Crippen LogP contribution in [0.15, 0.2) is 36.4 Å². The smallest absolute Gasteiger partial charge is 0.263 e. The number of carbonyl (C=O) groups excluding carboxylic acids is 3. The zero-order valence-corrected chi connectivity index (χ0v) is 16.8. The van der Waals surface area contributed by atoms with Gasteiger partial charge in [-0.15, -0.1) is 0 Å². The van der Waals surface area contributed by atoms with Gasteiger partial charge in [0, 0.05) is 24.5 Å². The van der Waals surface area contributed by atoms with Crippen molar-refractivity contribution in [2.24, 2.45) is 0 Å². The molecule has 0 aliphatic carbocycles. The topological polar surface area (TPSA) is 69.7 Å². The Morgan fingerprint density at radius 1 is 1.11 bits per heavy atom.